The van der Waals surface area contributed by atoms with E-state index >= 15 is 0 Å². The van der Waals surface area contributed by atoms with E-state index in [-0.39, 0.29) is 30.7 Å². The molecule has 8 nitrogen and oxygen atoms in total. The van der Waals surface area contributed by atoms with Gasteiger partial charge in [-0.1, -0.05) is 0 Å². The number of hydrogen-bond donors (Lipinski definition) is 1. The van der Waals surface area contributed by atoms with Crippen molar-refractivity contribution in [3.05, 3.63) is 24.0 Å². The highest BCUT2D eigenvalue weighted by Gasteiger charge is 2.38. The van der Waals surface area contributed by atoms with Crippen LogP contribution in [0.4, 0.5) is 4.79 Å². The number of amides is 3. The number of ether oxygens (including phenoxy) is 2. The number of morpholine rings is 1. The molecule has 3 saturated heterocycles. The summed E-state index contributed by atoms with van der Waals surface area (Å²) in [6.07, 6.45) is 6.22. The van der Waals surface area contributed by atoms with Crippen molar-refractivity contribution in [1.29, 1.82) is 0 Å². The highest BCUT2D eigenvalue weighted by Crippen LogP contribution is 2.30. The van der Waals surface area contributed by atoms with Crippen molar-refractivity contribution in [2.75, 3.05) is 39.9 Å². The third-order valence-electron chi connectivity index (χ3n) is 5.80. The summed E-state index contributed by atoms with van der Waals surface area (Å²) < 4.78 is 10.8. The van der Waals surface area contributed by atoms with Crippen molar-refractivity contribution in [2.24, 2.45) is 0 Å². The lowest BCUT2D eigenvalue weighted by Gasteiger charge is -2.43. The molecule has 0 aromatic carbocycles. The molecule has 4 heterocycles. The smallest absolute Gasteiger partial charge is 0.320 e. The minimum Gasteiger partial charge on any atom is -0.495 e. The zero-order valence-corrected chi connectivity index (χ0v) is 15.6. The number of likely N-dealkylation sites (tertiary alicyclic amines) is 2. The maximum absolute atomic E-state index is 12.9. The molecule has 0 radical (unpaired) electrons. The van der Waals surface area contributed by atoms with E-state index in [1.807, 2.05) is 22.1 Å². The molecule has 1 aromatic rings. The second-order valence-electron chi connectivity index (χ2n) is 7.46. The van der Waals surface area contributed by atoms with E-state index in [9.17, 15) is 9.59 Å². The molecule has 146 valence electrons. The average Bonchev–Trinajstić information content (AvgIpc) is 2.73. The molecule has 8 heteroatoms. The van der Waals surface area contributed by atoms with Gasteiger partial charge < -0.3 is 24.6 Å². The zero-order valence-electron chi connectivity index (χ0n) is 15.6. The van der Waals surface area contributed by atoms with Gasteiger partial charge in [-0.05, 0) is 36.8 Å². The van der Waals surface area contributed by atoms with Gasteiger partial charge in [-0.2, -0.15) is 0 Å². The van der Waals surface area contributed by atoms with Crippen LogP contribution in [0.25, 0.3) is 0 Å². The average molecular weight is 374 g/mol. The van der Waals surface area contributed by atoms with E-state index < -0.39 is 0 Å². The van der Waals surface area contributed by atoms with E-state index in [2.05, 4.69) is 10.3 Å². The first-order chi connectivity index (χ1) is 13.1. The van der Waals surface area contributed by atoms with Gasteiger partial charge in [0, 0.05) is 32.4 Å². The molecule has 0 saturated carbocycles. The molecule has 2 atom stereocenters. The number of urea groups is 1. The van der Waals surface area contributed by atoms with Gasteiger partial charge in [0.1, 0.15) is 12.4 Å². The van der Waals surface area contributed by atoms with Crippen molar-refractivity contribution in [3.8, 4) is 5.75 Å². The van der Waals surface area contributed by atoms with Gasteiger partial charge in [0.2, 0.25) is 5.91 Å². The Hall–Kier alpha value is -2.35. The molecule has 3 amide bonds. The molecule has 0 bridgehead atoms. The predicted octanol–water partition coefficient (Wildman–Crippen LogP) is 0.979. The molecular weight excluding hydrogens is 348 g/mol. The largest absolute Gasteiger partial charge is 0.495 e. The SMILES string of the molecule is COc1cncc(C2CCN(C(=O)N3CC[C@@H]4OCC(=O)N[C@@H]4C3)CC2)c1. The van der Waals surface area contributed by atoms with Gasteiger partial charge in [0.05, 0.1) is 25.5 Å². The Balaban J connectivity index is 1.32. The summed E-state index contributed by atoms with van der Waals surface area (Å²) in [7, 11) is 1.64. The molecule has 0 unspecified atom stereocenters. The minimum absolute atomic E-state index is 0.0260. The van der Waals surface area contributed by atoms with Crippen LogP contribution in [0, 0.1) is 0 Å². The van der Waals surface area contributed by atoms with Crippen LogP contribution >= 0.6 is 0 Å². The predicted molar refractivity (Wildman–Crippen MR) is 97.6 cm³/mol. The van der Waals surface area contributed by atoms with Crippen LogP contribution in [0.5, 0.6) is 5.75 Å². The van der Waals surface area contributed by atoms with Crippen molar-refractivity contribution in [2.45, 2.75) is 37.3 Å². The summed E-state index contributed by atoms with van der Waals surface area (Å²) >= 11 is 0. The van der Waals surface area contributed by atoms with Crippen LogP contribution in [0.2, 0.25) is 0 Å². The molecule has 3 aliphatic heterocycles. The number of methoxy groups -OCH3 is 1. The summed E-state index contributed by atoms with van der Waals surface area (Å²) in [6.45, 7) is 2.79. The third kappa shape index (κ3) is 3.85. The Bertz CT molecular complexity index is 705. The lowest BCUT2D eigenvalue weighted by Crippen LogP contribution is -2.62. The Kier molecular flexibility index (Phi) is 5.15. The van der Waals surface area contributed by atoms with Crippen LogP contribution < -0.4 is 10.1 Å². The Labute approximate surface area is 158 Å². The highest BCUT2D eigenvalue weighted by atomic mass is 16.5. The number of pyridine rings is 1. The monoisotopic (exact) mass is 374 g/mol. The third-order valence-corrected chi connectivity index (χ3v) is 5.80. The van der Waals surface area contributed by atoms with E-state index in [1.54, 1.807) is 13.3 Å². The van der Waals surface area contributed by atoms with E-state index in [1.165, 1.54) is 5.56 Å². The fraction of sp³-hybridized carbons (Fsp3) is 0.632. The first-order valence-corrected chi connectivity index (χ1v) is 9.58. The van der Waals surface area contributed by atoms with Gasteiger partial charge in [0.25, 0.3) is 0 Å². The summed E-state index contributed by atoms with van der Waals surface area (Å²) in [6, 6.07) is 2.01. The maximum atomic E-state index is 12.9. The molecular formula is C19H26N4O4. The van der Waals surface area contributed by atoms with Gasteiger partial charge in [0.15, 0.2) is 0 Å². The Morgan fingerprint density at radius 1 is 1.22 bits per heavy atom. The van der Waals surface area contributed by atoms with Crippen molar-refractivity contribution in [3.63, 3.8) is 0 Å². The van der Waals surface area contributed by atoms with Gasteiger partial charge >= 0.3 is 6.03 Å². The van der Waals surface area contributed by atoms with Gasteiger partial charge in [-0.25, -0.2) is 4.79 Å². The number of carbonyl (C=O) groups is 2. The Morgan fingerprint density at radius 2 is 2.00 bits per heavy atom. The number of rotatable bonds is 2. The first-order valence-electron chi connectivity index (χ1n) is 9.58. The molecule has 4 rings (SSSR count). The summed E-state index contributed by atoms with van der Waals surface area (Å²) in [5.74, 6) is 1.07. The van der Waals surface area contributed by atoms with Crippen molar-refractivity contribution < 1.29 is 19.1 Å². The maximum Gasteiger partial charge on any atom is 0.320 e. The Morgan fingerprint density at radius 3 is 2.78 bits per heavy atom. The second kappa shape index (κ2) is 7.72. The molecule has 27 heavy (non-hydrogen) atoms. The molecule has 3 aliphatic rings. The first kappa shape index (κ1) is 18.0. The van der Waals surface area contributed by atoms with Crippen molar-refractivity contribution >= 4 is 11.9 Å². The number of piperidine rings is 2. The highest BCUT2D eigenvalue weighted by molar-refractivity contribution is 5.79. The van der Waals surface area contributed by atoms with E-state index in [4.69, 9.17) is 9.47 Å². The molecule has 1 N–H and O–H groups in total. The van der Waals surface area contributed by atoms with Crippen LogP contribution in [-0.2, 0) is 9.53 Å². The number of carbonyl (C=O) groups excluding carboxylic acids is 2. The minimum atomic E-state index is -0.0988. The fourth-order valence-corrected chi connectivity index (χ4v) is 4.25. The lowest BCUT2D eigenvalue weighted by molar-refractivity contribution is -0.139. The van der Waals surface area contributed by atoms with Crippen LogP contribution in [0.1, 0.15) is 30.7 Å². The number of aromatic nitrogens is 1. The van der Waals surface area contributed by atoms with Crippen molar-refractivity contribution in [1.82, 2.24) is 20.1 Å². The number of nitrogens with one attached hydrogen (secondary N) is 1. The number of nitrogens with zero attached hydrogens (tertiary/aromatic N) is 3. The van der Waals surface area contributed by atoms with Crippen LogP contribution in [-0.4, -0.2) is 78.8 Å². The molecule has 3 fully saturated rings. The number of hydrogen-bond acceptors (Lipinski definition) is 5. The quantitative estimate of drug-likeness (QED) is 0.834. The van der Waals surface area contributed by atoms with Crippen LogP contribution in [0.3, 0.4) is 0 Å². The second-order valence-corrected chi connectivity index (χ2v) is 7.46. The summed E-state index contributed by atoms with van der Waals surface area (Å²) in [4.78, 5) is 32.5. The number of fused-ring (bicyclic) bond motifs is 1. The molecule has 1 aromatic heterocycles. The standard InChI is InChI=1S/C19H26N4O4/c1-26-15-8-14(9-20-10-15)13-2-5-22(6-3-13)19(25)23-7-4-17-16(11-23)21-18(24)12-27-17/h8-10,13,16-17H,2-7,11-12H2,1H3,(H,21,24)/t16-,17+/m1/s1. The van der Waals surface area contributed by atoms with Gasteiger partial charge in [-0.15, -0.1) is 0 Å². The lowest BCUT2D eigenvalue weighted by atomic mass is 9.90. The van der Waals surface area contributed by atoms with E-state index in [0.29, 0.717) is 19.0 Å². The van der Waals surface area contributed by atoms with Crippen LogP contribution in [0.15, 0.2) is 18.5 Å². The summed E-state index contributed by atoms with van der Waals surface area (Å²) in [5.41, 5.74) is 1.17. The topological polar surface area (TPSA) is 84.0 Å². The summed E-state index contributed by atoms with van der Waals surface area (Å²) in [5, 5.41) is 2.95. The molecule has 0 spiro atoms. The van der Waals surface area contributed by atoms with E-state index in [0.717, 1.165) is 38.1 Å². The molecule has 0 aliphatic carbocycles. The van der Waals surface area contributed by atoms with Gasteiger partial charge in [-0.3, -0.25) is 9.78 Å². The normalized spacial score (nSPS) is 26.3. The fourth-order valence-electron chi connectivity index (χ4n) is 4.25. The zero-order chi connectivity index (χ0) is 18.8.